The predicted octanol–water partition coefficient (Wildman–Crippen LogP) is 1.69. The van der Waals surface area contributed by atoms with Crippen molar-refractivity contribution in [3.05, 3.63) is 35.6 Å². The van der Waals surface area contributed by atoms with Crippen molar-refractivity contribution in [3.63, 3.8) is 0 Å². The zero-order valence-corrected chi connectivity index (χ0v) is 13.6. The molecule has 1 aliphatic rings. The molecule has 5 heteroatoms. The van der Waals surface area contributed by atoms with Gasteiger partial charge in [-0.05, 0) is 12.1 Å². The van der Waals surface area contributed by atoms with Crippen LogP contribution in [0.2, 0.25) is 0 Å². The first-order valence-electron chi connectivity index (χ1n) is 5.55. The Hall–Kier alpha value is 0.0303. The number of aliphatic hydroxyl groups is 1. The fraction of sp³-hybridized carbons (Fsp3) is 0.500. The monoisotopic (exact) mass is 419 g/mol. The summed E-state index contributed by atoms with van der Waals surface area (Å²) in [6.07, 6.45) is 1.40. The first kappa shape index (κ1) is 15.1. The summed E-state index contributed by atoms with van der Waals surface area (Å²) in [6, 6.07) is 9.26. The van der Waals surface area contributed by atoms with Crippen molar-refractivity contribution in [2.45, 2.75) is 29.9 Å². The molecule has 0 bridgehead atoms. The fourth-order valence-electron chi connectivity index (χ4n) is 1.90. The summed E-state index contributed by atoms with van der Waals surface area (Å²) in [6.45, 7) is 0.833. The molecular weight excluding hydrogens is 403 g/mol. The summed E-state index contributed by atoms with van der Waals surface area (Å²) >= 11 is 0. The van der Waals surface area contributed by atoms with Gasteiger partial charge in [-0.1, -0.05) is 31.0 Å². The van der Waals surface area contributed by atoms with E-state index in [1.54, 1.807) is 0 Å². The number of nitrogens with zero attached hydrogens (tertiary/aromatic N) is 1. The molecule has 1 aromatic rings. The quantitative estimate of drug-likeness (QED) is 0.808. The van der Waals surface area contributed by atoms with Gasteiger partial charge >= 0.3 is 0 Å². The third kappa shape index (κ3) is 4.32. The van der Waals surface area contributed by atoms with Crippen LogP contribution in [0.4, 0.5) is 0 Å². The minimum Gasteiger partial charge on any atom is -0.657 e. The topological polar surface area (TPSA) is 51.4 Å². The molecule has 1 saturated heterocycles. The van der Waals surface area contributed by atoms with Crippen LogP contribution in [-0.4, -0.2) is 33.8 Å². The Kier molecular flexibility index (Phi) is 6.62. The van der Waals surface area contributed by atoms with E-state index in [-0.39, 0.29) is 34.2 Å². The van der Waals surface area contributed by atoms with Gasteiger partial charge in [0.15, 0.2) is 0 Å². The molecule has 3 nitrogen and oxygen atoms in total. The van der Waals surface area contributed by atoms with Gasteiger partial charge in [0, 0.05) is 33.4 Å². The van der Waals surface area contributed by atoms with E-state index in [0.717, 1.165) is 24.3 Å². The standard InChI is InChI=1S/C12H16NO2S.Ta/c14-12(11-7-4-8-13-11)9-16(15)10-5-2-1-3-6-10;/h1-3,5-6,11-12,14H,4,7-9H2;/q-1;/t11-,12+,16?;/m0./s1. The number of benzene rings is 1. The maximum atomic E-state index is 11.9. The summed E-state index contributed by atoms with van der Waals surface area (Å²) in [4.78, 5) is 0.777. The third-order valence-electron chi connectivity index (χ3n) is 2.79. The Morgan fingerprint density at radius 2 is 2.12 bits per heavy atom. The van der Waals surface area contributed by atoms with Crippen LogP contribution in [0.1, 0.15) is 12.8 Å². The van der Waals surface area contributed by atoms with E-state index in [9.17, 15) is 9.32 Å². The summed E-state index contributed by atoms with van der Waals surface area (Å²) in [5.74, 6) is 0.290. The number of aliphatic hydroxyl groups excluding tert-OH is 1. The number of rotatable bonds is 4. The SMILES string of the molecule is O=S(C[C@@H](O)[C@@H]1CCC[N-]1)c1ccccc1.[Ta]. The van der Waals surface area contributed by atoms with Crippen LogP contribution in [0.25, 0.3) is 5.32 Å². The molecule has 1 radical (unpaired) electrons. The molecule has 2 rings (SSSR count). The Bertz CT molecular complexity index is 355. The normalized spacial score (nSPS) is 22.8. The second-order valence-electron chi connectivity index (χ2n) is 4.01. The average Bonchev–Trinajstić information content (AvgIpc) is 2.83. The van der Waals surface area contributed by atoms with E-state index in [1.165, 1.54) is 0 Å². The van der Waals surface area contributed by atoms with E-state index < -0.39 is 16.9 Å². The zero-order valence-electron chi connectivity index (χ0n) is 9.53. The molecule has 1 fully saturated rings. The van der Waals surface area contributed by atoms with Crippen LogP contribution in [0.5, 0.6) is 0 Å². The molecular formula is C12H16NO2STa-. The summed E-state index contributed by atoms with van der Waals surface area (Å²) in [5, 5.41) is 14.2. The van der Waals surface area contributed by atoms with E-state index in [1.807, 2.05) is 30.3 Å². The van der Waals surface area contributed by atoms with E-state index in [2.05, 4.69) is 5.32 Å². The number of hydrogen-bond acceptors (Lipinski definition) is 2. The van der Waals surface area contributed by atoms with Crippen LogP contribution in [-0.2, 0) is 33.2 Å². The molecule has 0 aromatic heterocycles. The summed E-state index contributed by atoms with van der Waals surface area (Å²) in [5.41, 5.74) is 0. The molecule has 1 aromatic carbocycles. The molecule has 1 heterocycles. The molecule has 17 heavy (non-hydrogen) atoms. The van der Waals surface area contributed by atoms with Crippen molar-refractivity contribution in [3.8, 4) is 0 Å². The van der Waals surface area contributed by atoms with Crippen molar-refractivity contribution in [2.75, 3.05) is 12.3 Å². The van der Waals surface area contributed by atoms with Gasteiger partial charge in [0.05, 0.1) is 16.6 Å². The van der Waals surface area contributed by atoms with Crippen LogP contribution in [0.3, 0.4) is 0 Å². The van der Waals surface area contributed by atoms with E-state index in [0.29, 0.717) is 0 Å². The first-order valence-corrected chi connectivity index (χ1v) is 6.87. The van der Waals surface area contributed by atoms with Gasteiger partial charge in [0.1, 0.15) is 0 Å². The van der Waals surface area contributed by atoms with Crippen molar-refractivity contribution < 1.29 is 31.7 Å². The Balaban J connectivity index is 0.00000144. The smallest absolute Gasteiger partial charge is 0.0555 e. The molecule has 1 unspecified atom stereocenters. The molecule has 0 saturated carbocycles. The van der Waals surface area contributed by atoms with Crippen molar-refractivity contribution in [1.29, 1.82) is 0 Å². The molecule has 0 amide bonds. The van der Waals surface area contributed by atoms with Gasteiger partial charge in [-0.25, -0.2) is 0 Å². The predicted molar refractivity (Wildman–Crippen MR) is 65.0 cm³/mol. The second-order valence-corrected chi connectivity index (χ2v) is 5.50. The average molecular weight is 419 g/mol. The molecule has 0 aliphatic carbocycles. The minimum atomic E-state index is -1.12. The van der Waals surface area contributed by atoms with Gasteiger partial charge in [0.2, 0.25) is 0 Å². The van der Waals surface area contributed by atoms with Gasteiger partial charge in [0.25, 0.3) is 0 Å². The van der Waals surface area contributed by atoms with Crippen LogP contribution >= 0.6 is 0 Å². The van der Waals surface area contributed by atoms with Gasteiger partial charge in [-0.2, -0.15) is 0 Å². The molecule has 3 atom stereocenters. The largest absolute Gasteiger partial charge is 0.657 e. The second kappa shape index (κ2) is 7.46. The Morgan fingerprint density at radius 1 is 1.41 bits per heavy atom. The van der Waals surface area contributed by atoms with E-state index in [4.69, 9.17) is 0 Å². The molecule has 1 N–H and O–H groups in total. The number of hydrogen-bond donors (Lipinski definition) is 1. The van der Waals surface area contributed by atoms with Gasteiger partial charge < -0.3 is 10.4 Å². The minimum absolute atomic E-state index is 0. The maximum absolute atomic E-state index is 11.9. The van der Waals surface area contributed by atoms with E-state index >= 15 is 0 Å². The summed E-state index contributed by atoms with van der Waals surface area (Å²) in [7, 11) is -1.12. The van der Waals surface area contributed by atoms with Crippen LogP contribution < -0.4 is 0 Å². The first-order chi connectivity index (χ1) is 7.77. The van der Waals surface area contributed by atoms with Crippen LogP contribution in [0, 0.1) is 0 Å². The third-order valence-corrected chi connectivity index (χ3v) is 4.24. The molecule has 0 spiro atoms. The van der Waals surface area contributed by atoms with Crippen molar-refractivity contribution in [2.24, 2.45) is 0 Å². The van der Waals surface area contributed by atoms with Gasteiger partial charge in [-0.3, -0.25) is 4.21 Å². The Morgan fingerprint density at radius 3 is 2.71 bits per heavy atom. The van der Waals surface area contributed by atoms with Crippen LogP contribution in [0.15, 0.2) is 35.2 Å². The van der Waals surface area contributed by atoms with Gasteiger partial charge in [-0.15, -0.1) is 12.6 Å². The fourth-order valence-corrected chi connectivity index (χ4v) is 3.08. The zero-order chi connectivity index (χ0) is 11.4. The maximum Gasteiger partial charge on any atom is 0.0555 e. The molecule has 1 aliphatic heterocycles. The van der Waals surface area contributed by atoms with Crippen molar-refractivity contribution >= 4 is 10.8 Å². The van der Waals surface area contributed by atoms with Crippen molar-refractivity contribution in [1.82, 2.24) is 0 Å². The Labute approximate surface area is 120 Å². The molecule has 93 valence electrons. The summed E-state index contributed by atoms with van der Waals surface area (Å²) < 4.78 is 11.9.